The summed E-state index contributed by atoms with van der Waals surface area (Å²) in [4.78, 5) is 39.9. The first-order valence-corrected chi connectivity index (χ1v) is 12.4. The van der Waals surface area contributed by atoms with E-state index in [4.69, 9.17) is 15.2 Å². The standard InChI is InChI=1S/C27H29NO11/c1-9-22(32)14(28)5-15(39-9)12-6-27(37,17(31)8-29)7-13-18(12)25(35)21-20(24(13)34)23(33)11-3-10(30)4-16(38-2)19(11)26(21)36/h3-4,9,12,14-15,22,29-30,32,34-35,37H,5-8,28H2,1-2H3. The normalized spacial score (nSPS) is 29.8. The summed E-state index contributed by atoms with van der Waals surface area (Å²) in [6.07, 6.45) is -3.54. The Balaban J connectivity index is 1.77. The Morgan fingerprint density at radius 3 is 2.41 bits per heavy atom. The Morgan fingerprint density at radius 1 is 1.13 bits per heavy atom. The van der Waals surface area contributed by atoms with Gasteiger partial charge in [-0.25, -0.2) is 0 Å². The molecule has 1 aliphatic heterocycles. The number of carbonyl (C=O) groups excluding carboxylic acids is 3. The highest BCUT2D eigenvalue weighted by Crippen LogP contribution is 2.54. The van der Waals surface area contributed by atoms with E-state index >= 15 is 0 Å². The van der Waals surface area contributed by atoms with Gasteiger partial charge >= 0.3 is 0 Å². The van der Waals surface area contributed by atoms with E-state index in [0.717, 1.165) is 12.1 Å². The van der Waals surface area contributed by atoms with Crippen LogP contribution in [0.3, 0.4) is 0 Å². The fourth-order valence-electron chi connectivity index (χ4n) is 6.18. The second-order valence-electron chi connectivity index (χ2n) is 10.4. The number of fused-ring (bicyclic) bond motifs is 3. The van der Waals surface area contributed by atoms with Crippen molar-refractivity contribution in [2.24, 2.45) is 5.73 Å². The Kier molecular flexibility index (Phi) is 6.43. The summed E-state index contributed by atoms with van der Waals surface area (Å²) in [7, 11) is 1.24. The maximum Gasteiger partial charge on any atom is 0.202 e. The third-order valence-corrected chi connectivity index (χ3v) is 8.14. The number of methoxy groups -OCH3 is 1. The fraction of sp³-hybridized carbons (Fsp3) is 0.444. The van der Waals surface area contributed by atoms with Crippen LogP contribution in [0.4, 0.5) is 0 Å². The lowest BCUT2D eigenvalue weighted by molar-refractivity contribution is -0.150. The minimum absolute atomic E-state index is 0.00944. The maximum atomic E-state index is 13.7. The molecule has 0 saturated carbocycles. The minimum atomic E-state index is -2.21. The lowest BCUT2D eigenvalue weighted by Crippen LogP contribution is -2.55. The van der Waals surface area contributed by atoms with Crippen molar-refractivity contribution in [3.05, 3.63) is 45.5 Å². The van der Waals surface area contributed by atoms with Gasteiger partial charge in [-0.3, -0.25) is 14.4 Å². The molecule has 8 N–H and O–H groups in total. The SMILES string of the molecule is COc1cc(O)cc2c1C(=O)c1c(O)c3c(c(O)c1C2=O)CC(O)(C(=O)CO)CC3C1CC(N)C(O)C(C)O1. The van der Waals surface area contributed by atoms with E-state index in [9.17, 15) is 45.0 Å². The number of hydrogen-bond acceptors (Lipinski definition) is 12. The van der Waals surface area contributed by atoms with Crippen molar-refractivity contribution in [1.82, 2.24) is 0 Å². The predicted octanol–water partition coefficient (Wildman–Crippen LogP) is -0.225. The maximum absolute atomic E-state index is 13.7. The molecular weight excluding hydrogens is 514 g/mol. The second kappa shape index (κ2) is 9.28. The predicted molar refractivity (Wildman–Crippen MR) is 132 cm³/mol. The Labute approximate surface area is 222 Å². The quantitative estimate of drug-likeness (QED) is 0.212. The second-order valence-corrected chi connectivity index (χ2v) is 10.4. The molecule has 2 aromatic carbocycles. The summed E-state index contributed by atoms with van der Waals surface area (Å²) in [6, 6.07) is 1.42. The van der Waals surface area contributed by atoms with E-state index in [0.29, 0.717) is 0 Å². The minimum Gasteiger partial charge on any atom is -0.508 e. The number of hydrogen-bond donors (Lipinski definition) is 7. The summed E-state index contributed by atoms with van der Waals surface area (Å²) in [5.74, 6) is -5.58. The molecule has 12 heteroatoms. The molecule has 39 heavy (non-hydrogen) atoms. The summed E-state index contributed by atoms with van der Waals surface area (Å²) < 4.78 is 11.2. The Hall–Kier alpha value is -3.55. The van der Waals surface area contributed by atoms with Gasteiger partial charge in [0.1, 0.15) is 35.2 Å². The average molecular weight is 544 g/mol. The molecule has 0 amide bonds. The van der Waals surface area contributed by atoms with Crippen molar-refractivity contribution in [2.45, 2.75) is 62.1 Å². The van der Waals surface area contributed by atoms with E-state index in [-0.39, 0.29) is 46.6 Å². The van der Waals surface area contributed by atoms with Crippen molar-refractivity contribution >= 4 is 17.3 Å². The van der Waals surface area contributed by atoms with Crippen molar-refractivity contribution in [2.75, 3.05) is 13.7 Å². The Bertz CT molecular complexity index is 1410. The van der Waals surface area contributed by atoms with Crippen LogP contribution in [0.15, 0.2) is 12.1 Å². The number of nitrogens with two attached hydrogens (primary N) is 1. The number of benzene rings is 2. The number of ketones is 3. The van der Waals surface area contributed by atoms with E-state index in [1.165, 1.54) is 7.11 Å². The molecule has 0 spiro atoms. The van der Waals surface area contributed by atoms with Crippen LogP contribution in [-0.4, -0.2) is 91.7 Å². The van der Waals surface area contributed by atoms with Crippen LogP contribution in [0.1, 0.15) is 68.7 Å². The molecule has 1 saturated heterocycles. The first kappa shape index (κ1) is 27.0. The van der Waals surface area contributed by atoms with E-state index in [2.05, 4.69) is 0 Å². The smallest absolute Gasteiger partial charge is 0.202 e. The molecule has 5 rings (SSSR count). The molecule has 2 aliphatic carbocycles. The van der Waals surface area contributed by atoms with Gasteiger partial charge in [0.25, 0.3) is 0 Å². The molecule has 12 nitrogen and oxygen atoms in total. The van der Waals surface area contributed by atoms with Gasteiger partial charge in [0, 0.05) is 41.1 Å². The first-order valence-electron chi connectivity index (χ1n) is 12.4. The zero-order valence-electron chi connectivity index (χ0n) is 21.2. The summed E-state index contributed by atoms with van der Waals surface area (Å²) in [5.41, 5.74) is 2.19. The van der Waals surface area contributed by atoms with Gasteiger partial charge in [-0.15, -0.1) is 0 Å². The number of phenolic OH excluding ortho intramolecular Hbond substituents is 3. The molecule has 208 valence electrons. The molecule has 3 aliphatic rings. The van der Waals surface area contributed by atoms with Crippen LogP contribution >= 0.6 is 0 Å². The molecule has 6 atom stereocenters. The number of aromatic hydroxyl groups is 3. The Morgan fingerprint density at radius 2 is 1.79 bits per heavy atom. The summed E-state index contributed by atoms with van der Waals surface area (Å²) in [5, 5.41) is 64.2. The van der Waals surface area contributed by atoms with E-state index < -0.39 is 88.9 Å². The van der Waals surface area contributed by atoms with Crippen LogP contribution in [0.25, 0.3) is 0 Å². The van der Waals surface area contributed by atoms with E-state index in [1.807, 2.05) is 0 Å². The lowest BCUT2D eigenvalue weighted by Gasteiger charge is -2.45. The van der Waals surface area contributed by atoms with Gasteiger partial charge in [0.15, 0.2) is 11.6 Å². The fourth-order valence-corrected chi connectivity index (χ4v) is 6.18. The van der Waals surface area contributed by atoms with Crippen molar-refractivity contribution in [1.29, 1.82) is 0 Å². The summed E-state index contributed by atoms with van der Waals surface area (Å²) in [6.45, 7) is 0.566. The third kappa shape index (κ3) is 3.90. The van der Waals surface area contributed by atoms with Crippen LogP contribution < -0.4 is 10.5 Å². The molecule has 1 fully saturated rings. The number of aliphatic hydroxyl groups excluding tert-OH is 2. The topological polar surface area (TPSA) is 217 Å². The zero-order valence-corrected chi connectivity index (χ0v) is 21.2. The van der Waals surface area contributed by atoms with Gasteiger partial charge in [-0.05, 0) is 25.8 Å². The molecule has 0 radical (unpaired) electrons. The highest BCUT2D eigenvalue weighted by Gasteiger charge is 2.52. The number of rotatable bonds is 4. The summed E-state index contributed by atoms with van der Waals surface area (Å²) >= 11 is 0. The molecular formula is C27H29NO11. The van der Waals surface area contributed by atoms with Crippen LogP contribution in [0.2, 0.25) is 0 Å². The van der Waals surface area contributed by atoms with E-state index in [1.54, 1.807) is 6.92 Å². The molecule has 0 aromatic heterocycles. The monoisotopic (exact) mass is 543 g/mol. The third-order valence-electron chi connectivity index (χ3n) is 8.14. The van der Waals surface area contributed by atoms with Gasteiger partial charge in [0.05, 0.1) is 42.1 Å². The van der Waals surface area contributed by atoms with Crippen molar-refractivity contribution in [3.63, 3.8) is 0 Å². The lowest BCUT2D eigenvalue weighted by atomic mass is 9.66. The van der Waals surface area contributed by atoms with Gasteiger partial charge < -0.3 is 45.8 Å². The zero-order chi connectivity index (χ0) is 28.5. The number of ether oxygens (including phenoxy) is 2. The van der Waals surface area contributed by atoms with Crippen LogP contribution in [0.5, 0.6) is 23.0 Å². The first-order chi connectivity index (χ1) is 18.3. The van der Waals surface area contributed by atoms with Gasteiger partial charge in [0.2, 0.25) is 5.78 Å². The van der Waals surface area contributed by atoms with Crippen molar-refractivity contribution < 1.29 is 54.5 Å². The van der Waals surface area contributed by atoms with Crippen molar-refractivity contribution in [3.8, 4) is 23.0 Å². The van der Waals surface area contributed by atoms with Gasteiger partial charge in [-0.1, -0.05) is 0 Å². The number of Topliss-reactive ketones (excluding diaryl/α,β-unsaturated/α-hetero) is 1. The molecule has 6 unspecified atom stereocenters. The highest BCUT2D eigenvalue weighted by molar-refractivity contribution is 6.31. The van der Waals surface area contributed by atoms with Crippen LogP contribution in [-0.2, 0) is 16.0 Å². The number of aliphatic hydroxyl groups is 3. The molecule has 1 heterocycles. The largest absolute Gasteiger partial charge is 0.508 e. The number of carbonyl (C=O) groups is 3. The van der Waals surface area contributed by atoms with Gasteiger partial charge in [-0.2, -0.15) is 0 Å². The molecule has 0 bridgehead atoms. The number of phenols is 3. The van der Waals surface area contributed by atoms with Crippen LogP contribution in [0, 0.1) is 0 Å². The average Bonchev–Trinajstić information content (AvgIpc) is 2.90. The highest BCUT2D eigenvalue weighted by atomic mass is 16.5. The molecule has 2 aromatic rings.